The molecule has 112 valence electrons. The van der Waals surface area contributed by atoms with Gasteiger partial charge in [0, 0.05) is 6.42 Å². The van der Waals surface area contributed by atoms with Gasteiger partial charge in [0.1, 0.15) is 11.6 Å². The van der Waals surface area contributed by atoms with Crippen LogP contribution in [0.1, 0.15) is 23.1 Å². The highest BCUT2D eigenvalue weighted by atomic mass is 32.2. The van der Waals surface area contributed by atoms with Crippen molar-refractivity contribution in [2.24, 2.45) is 0 Å². The van der Waals surface area contributed by atoms with E-state index in [9.17, 15) is 17.6 Å². The molecule has 21 heavy (non-hydrogen) atoms. The molecule has 0 atom stereocenters. The van der Waals surface area contributed by atoms with E-state index in [0.717, 1.165) is 18.3 Å². The van der Waals surface area contributed by atoms with Crippen LogP contribution in [0.3, 0.4) is 0 Å². The molecule has 9 heteroatoms. The number of aromatic carboxylic acids is 1. The molecule has 0 fully saturated rings. The molecule has 7 nitrogen and oxygen atoms in total. The molecule has 2 aromatic rings. The average molecular weight is 313 g/mol. The van der Waals surface area contributed by atoms with Crippen LogP contribution in [0.15, 0.2) is 29.4 Å². The van der Waals surface area contributed by atoms with Crippen LogP contribution in [0.25, 0.3) is 0 Å². The lowest BCUT2D eigenvalue weighted by Crippen LogP contribution is -2.17. The standard InChI is InChI=1S/C12H12FN3O4S/c1-2-9-14-6-10(15-9)21(19,20)16-11-7(12(17)18)4-3-5-8(11)13/h3-6,16H,2H2,1H3,(H,14,15)(H,17,18). The van der Waals surface area contributed by atoms with Gasteiger partial charge in [-0.2, -0.15) is 8.42 Å². The number of carboxylic acids is 1. The second kappa shape index (κ2) is 5.52. The van der Waals surface area contributed by atoms with E-state index in [1.807, 2.05) is 4.72 Å². The van der Waals surface area contributed by atoms with Gasteiger partial charge in [0.25, 0.3) is 10.0 Å². The first-order valence-electron chi connectivity index (χ1n) is 5.93. The maximum atomic E-state index is 13.7. The summed E-state index contributed by atoms with van der Waals surface area (Å²) < 4.78 is 39.9. The number of H-pyrrole nitrogens is 1. The fourth-order valence-electron chi connectivity index (χ4n) is 1.65. The zero-order valence-electron chi connectivity index (χ0n) is 10.9. The van der Waals surface area contributed by atoms with Gasteiger partial charge >= 0.3 is 5.97 Å². The van der Waals surface area contributed by atoms with Gasteiger partial charge in [0.05, 0.1) is 17.4 Å². The monoisotopic (exact) mass is 313 g/mol. The number of nitrogens with one attached hydrogen (secondary N) is 2. The molecule has 0 saturated heterocycles. The second-order valence-electron chi connectivity index (χ2n) is 4.12. The number of aryl methyl sites for hydroxylation is 1. The van der Waals surface area contributed by atoms with Gasteiger partial charge < -0.3 is 10.1 Å². The zero-order chi connectivity index (χ0) is 15.6. The Kier molecular flexibility index (Phi) is 3.94. The second-order valence-corrected chi connectivity index (χ2v) is 5.77. The molecule has 0 aliphatic carbocycles. The quantitative estimate of drug-likeness (QED) is 0.776. The molecule has 0 unspecified atom stereocenters. The molecular formula is C12H12FN3O4S. The van der Waals surface area contributed by atoms with E-state index in [-0.39, 0.29) is 5.03 Å². The Hall–Kier alpha value is -2.42. The molecule has 1 aromatic carbocycles. The maximum Gasteiger partial charge on any atom is 0.337 e. The Bertz CT molecular complexity index is 786. The first kappa shape index (κ1) is 15.0. The van der Waals surface area contributed by atoms with Gasteiger partial charge in [0.15, 0.2) is 5.03 Å². The minimum absolute atomic E-state index is 0.265. The Morgan fingerprint density at radius 1 is 1.48 bits per heavy atom. The molecule has 2 rings (SSSR count). The van der Waals surface area contributed by atoms with Crippen molar-refractivity contribution in [1.82, 2.24) is 9.97 Å². The SMILES string of the molecule is CCc1ncc(S(=O)(=O)Nc2c(F)cccc2C(=O)O)[nH]1. The van der Waals surface area contributed by atoms with E-state index < -0.39 is 33.1 Å². The van der Waals surface area contributed by atoms with Crippen LogP contribution in [0, 0.1) is 5.82 Å². The number of aromatic amines is 1. The number of para-hydroxylation sites is 1. The van der Waals surface area contributed by atoms with Crippen molar-refractivity contribution in [3.8, 4) is 0 Å². The lowest BCUT2D eigenvalue weighted by atomic mass is 10.2. The molecule has 0 bridgehead atoms. The van der Waals surface area contributed by atoms with E-state index in [0.29, 0.717) is 12.2 Å². The fraction of sp³-hybridized carbons (Fsp3) is 0.167. The van der Waals surface area contributed by atoms with Crippen molar-refractivity contribution in [2.75, 3.05) is 4.72 Å². The van der Waals surface area contributed by atoms with Crippen LogP contribution in [-0.2, 0) is 16.4 Å². The van der Waals surface area contributed by atoms with Gasteiger partial charge in [0.2, 0.25) is 0 Å². The van der Waals surface area contributed by atoms with Crippen LogP contribution < -0.4 is 4.72 Å². The van der Waals surface area contributed by atoms with Crippen molar-refractivity contribution < 1.29 is 22.7 Å². The van der Waals surface area contributed by atoms with E-state index in [4.69, 9.17) is 5.11 Å². The molecule has 1 aromatic heterocycles. The highest BCUT2D eigenvalue weighted by molar-refractivity contribution is 7.92. The van der Waals surface area contributed by atoms with Crippen molar-refractivity contribution in [1.29, 1.82) is 0 Å². The van der Waals surface area contributed by atoms with E-state index >= 15 is 0 Å². The van der Waals surface area contributed by atoms with Crippen molar-refractivity contribution in [2.45, 2.75) is 18.4 Å². The summed E-state index contributed by atoms with van der Waals surface area (Å²) >= 11 is 0. The van der Waals surface area contributed by atoms with Crippen molar-refractivity contribution in [3.63, 3.8) is 0 Å². The lowest BCUT2D eigenvalue weighted by Gasteiger charge is -2.10. The summed E-state index contributed by atoms with van der Waals surface area (Å²) in [6.45, 7) is 1.78. The summed E-state index contributed by atoms with van der Waals surface area (Å²) in [6.07, 6.45) is 1.58. The molecule has 0 saturated carbocycles. The number of halogens is 1. The lowest BCUT2D eigenvalue weighted by molar-refractivity contribution is 0.0697. The Balaban J connectivity index is 2.44. The van der Waals surface area contributed by atoms with Crippen LogP contribution in [0.2, 0.25) is 0 Å². The predicted molar refractivity (Wildman–Crippen MR) is 72.1 cm³/mol. The number of benzene rings is 1. The molecule has 1 heterocycles. The smallest absolute Gasteiger partial charge is 0.337 e. The third-order valence-corrected chi connectivity index (χ3v) is 3.97. The Morgan fingerprint density at radius 3 is 2.76 bits per heavy atom. The number of imidazole rings is 1. The van der Waals surface area contributed by atoms with Crippen LogP contribution in [0.5, 0.6) is 0 Å². The normalized spacial score (nSPS) is 11.3. The number of nitrogens with zero attached hydrogens (tertiary/aromatic N) is 1. The summed E-state index contributed by atoms with van der Waals surface area (Å²) in [4.78, 5) is 17.4. The number of carboxylic acid groups (broad SMARTS) is 1. The molecule has 0 radical (unpaired) electrons. The number of carbonyl (C=O) groups is 1. The molecule has 0 amide bonds. The van der Waals surface area contributed by atoms with Crippen LogP contribution in [0.4, 0.5) is 10.1 Å². The molecule has 0 aliphatic heterocycles. The summed E-state index contributed by atoms with van der Waals surface area (Å²) in [7, 11) is -4.15. The van der Waals surface area contributed by atoms with E-state index in [1.165, 1.54) is 6.07 Å². The van der Waals surface area contributed by atoms with Crippen molar-refractivity contribution >= 4 is 21.7 Å². The number of anilines is 1. The minimum Gasteiger partial charge on any atom is -0.478 e. The first-order valence-corrected chi connectivity index (χ1v) is 7.42. The van der Waals surface area contributed by atoms with Gasteiger partial charge in [-0.25, -0.2) is 14.2 Å². The minimum atomic E-state index is -4.15. The largest absolute Gasteiger partial charge is 0.478 e. The number of aromatic nitrogens is 2. The van der Waals surface area contributed by atoms with Gasteiger partial charge in [-0.15, -0.1) is 0 Å². The Labute approximate surface area is 119 Å². The molecule has 0 spiro atoms. The molecular weight excluding hydrogens is 301 g/mol. The highest BCUT2D eigenvalue weighted by Crippen LogP contribution is 2.23. The third-order valence-electron chi connectivity index (χ3n) is 2.71. The van der Waals surface area contributed by atoms with Crippen LogP contribution in [-0.4, -0.2) is 29.5 Å². The van der Waals surface area contributed by atoms with Crippen molar-refractivity contribution in [3.05, 3.63) is 41.6 Å². The summed E-state index contributed by atoms with van der Waals surface area (Å²) in [5.41, 5.74) is -1.09. The van der Waals surface area contributed by atoms with E-state index in [2.05, 4.69) is 9.97 Å². The number of rotatable bonds is 5. The summed E-state index contributed by atoms with van der Waals surface area (Å²) in [6, 6.07) is 3.25. The number of hydrogen-bond donors (Lipinski definition) is 3. The summed E-state index contributed by atoms with van der Waals surface area (Å²) in [5, 5.41) is 8.71. The van der Waals surface area contributed by atoms with Gasteiger partial charge in [-0.1, -0.05) is 13.0 Å². The molecule has 3 N–H and O–H groups in total. The predicted octanol–water partition coefficient (Wildman–Crippen LogP) is 1.61. The maximum absolute atomic E-state index is 13.7. The van der Waals surface area contributed by atoms with E-state index in [1.54, 1.807) is 6.92 Å². The molecule has 0 aliphatic rings. The van der Waals surface area contributed by atoms with Crippen LogP contribution >= 0.6 is 0 Å². The third kappa shape index (κ3) is 3.02. The highest BCUT2D eigenvalue weighted by Gasteiger charge is 2.23. The number of sulfonamides is 1. The Morgan fingerprint density at radius 2 is 2.19 bits per heavy atom. The van der Waals surface area contributed by atoms with Gasteiger partial charge in [-0.3, -0.25) is 4.72 Å². The topological polar surface area (TPSA) is 112 Å². The fourth-order valence-corrected chi connectivity index (χ4v) is 2.68. The average Bonchev–Trinajstić information content (AvgIpc) is 2.90. The zero-order valence-corrected chi connectivity index (χ0v) is 11.7. The summed E-state index contributed by atoms with van der Waals surface area (Å²) in [5.74, 6) is -1.97. The first-order chi connectivity index (χ1) is 9.85. The number of hydrogen-bond acceptors (Lipinski definition) is 4. The van der Waals surface area contributed by atoms with Gasteiger partial charge in [-0.05, 0) is 12.1 Å².